The fourth-order valence-corrected chi connectivity index (χ4v) is 5.06. The second kappa shape index (κ2) is 7.46. The average Bonchev–Trinajstić information content (AvgIpc) is 3.56. The first-order valence-corrected chi connectivity index (χ1v) is 11.2. The number of ether oxygens (including phenoxy) is 1. The highest BCUT2D eigenvalue weighted by molar-refractivity contribution is 6.31. The Morgan fingerprint density at radius 2 is 2.00 bits per heavy atom. The van der Waals surface area contributed by atoms with Gasteiger partial charge in [-0.1, -0.05) is 29.6 Å². The number of aromatic nitrogens is 5. The zero-order valence-corrected chi connectivity index (χ0v) is 17.7. The lowest BCUT2D eigenvalue weighted by atomic mass is 10.1. The molecule has 1 unspecified atom stereocenters. The Kier molecular flexibility index (Phi) is 4.57. The van der Waals surface area contributed by atoms with Gasteiger partial charge >= 0.3 is 0 Å². The van der Waals surface area contributed by atoms with Gasteiger partial charge in [0.1, 0.15) is 17.5 Å². The van der Waals surface area contributed by atoms with Gasteiger partial charge in [-0.05, 0) is 43.9 Å². The Morgan fingerprint density at radius 3 is 2.81 bits per heavy atom. The standard InChI is InChI=1S/C22H22ClN5O3/c23-14-7-8-16-17(10-14)27(11-15-6-3-9-30-15)22(29)19-18(24-12-28(16)19)20-25-21(31-26-20)13-4-1-2-5-13/h7-8,10,12-13,15H,1-6,9,11H2. The van der Waals surface area contributed by atoms with Gasteiger partial charge in [0.15, 0.2) is 0 Å². The summed E-state index contributed by atoms with van der Waals surface area (Å²) in [6.07, 6.45) is 8.07. The quantitative estimate of drug-likeness (QED) is 0.473. The van der Waals surface area contributed by atoms with Gasteiger partial charge in [-0.3, -0.25) is 9.20 Å². The molecule has 31 heavy (non-hydrogen) atoms. The summed E-state index contributed by atoms with van der Waals surface area (Å²) in [5, 5.41) is 4.74. The number of hydrogen-bond acceptors (Lipinski definition) is 6. The van der Waals surface area contributed by atoms with Crippen LogP contribution in [-0.4, -0.2) is 36.8 Å². The summed E-state index contributed by atoms with van der Waals surface area (Å²) in [4.78, 5) is 22.8. The fraction of sp³-hybridized carbons (Fsp3) is 0.455. The summed E-state index contributed by atoms with van der Waals surface area (Å²) < 4.78 is 14.9. The summed E-state index contributed by atoms with van der Waals surface area (Å²) >= 11 is 6.27. The Hall–Kier alpha value is -2.71. The molecule has 1 atom stereocenters. The smallest absolute Gasteiger partial charge is 0.277 e. The molecule has 160 valence electrons. The van der Waals surface area contributed by atoms with Crippen LogP contribution in [-0.2, 0) is 11.3 Å². The lowest BCUT2D eigenvalue weighted by Crippen LogP contribution is -2.28. The lowest BCUT2D eigenvalue weighted by Gasteiger charge is -2.16. The second-order valence-corrected chi connectivity index (χ2v) is 8.87. The first-order valence-electron chi connectivity index (χ1n) is 10.8. The monoisotopic (exact) mass is 439 g/mol. The highest BCUT2D eigenvalue weighted by Gasteiger charge is 2.26. The van der Waals surface area contributed by atoms with Crippen LogP contribution in [0.2, 0.25) is 5.02 Å². The molecular weight excluding hydrogens is 418 g/mol. The van der Waals surface area contributed by atoms with Gasteiger partial charge in [-0.15, -0.1) is 0 Å². The van der Waals surface area contributed by atoms with E-state index in [9.17, 15) is 4.79 Å². The largest absolute Gasteiger partial charge is 0.376 e. The SMILES string of the molecule is O=c1c2c(-c3noc(C4CCCC4)n3)ncn2c2ccc(Cl)cc2n1CC1CCCO1. The van der Waals surface area contributed by atoms with E-state index < -0.39 is 0 Å². The summed E-state index contributed by atoms with van der Waals surface area (Å²) in [7, 11) is 0. The predicted molar refractivity (Wildman–Crippen MR) is 115 cm³/mol. The third-order valence-corrected chi connectivity index (χ3v) is 6.71. The third-order valence-electron chi connectivity index (χ3n) is 6.47. The number of imidazole rings is 1. The molecule has 6 rings (SSSR count). The maximum atomic E-state index is 13.7. The van der Waals surface area contributed by atoms with E-state index in [4.69, 9.17) is 20.9 Å². The number of benzene rings is 1. The zero-order valence-electron chi connectivity index (χ0n) is 17.0. The lowest BCUT2D eigenvalue weighted by molar-refractivity contribution is 0.0973. The van der Waals surface area contributed by atoms with Crippen molar-refractivity contribution in [2.45, 2.75) is 57.1 Å². The number of halogens is 1. The molecule has 2 aliphatic rings. The van der Waals surface area contributed by atoms with E-state index in [1.165, 1.54) is 12.8 Å². The molecule has 0 N–H and O–H groups in total. The van der Waals surface area contributed by atoms with E-state index in [2.05, 4.69) is 15.1 Å². The number of nitrogens with zero attached hydrogens (tertiary/aromatic N) is 5. The first-order chi connectivity index (χ1) is 15.2. The summed E-state index contributed by atoms with van der Waals surface area (Å²) in [6, 6.07) is 5.54. The molecule has 0 bridgehead atoms. The maximum absolute atomic E-state index is 13.7. The molecule has 1 saturated carbocycles. The highest BCUT2D eigenvalue weighted by atomic mass is 35.5. The van der Waals surface area contributed by atoms with Crippen LogP contribution in [0, 0.1) is 0 Å². The maximum Gasteiger partial charge on any atom is 0.277 e. The van der Waals surface area contributed by atoms with Crippen molar-refractivity contribution in [1.82, 2.24) is 24.1 Å². The van der Waals surface area contributed by atoms with Gasteiger partial charge in [-0.2, -0.15) is 4.98 Å². The van der Waals surface area contributed by atoms with Gasteiger partial charge in [0.25, 0.3) is 5.56 Å². The molecular formula is C22H22ClN5O3. The predicted octanol–water partition coefficient (Wildman–Crippen LogP) is 4.19. The molecule has 9 heteroatoms. The minimum absolute atomic E-state index is 0.00727. The van der Waals surface area contributed by atoms with Crippen LogP contribution in [0.5, 0.6) is 0 Å². The minimum atomic E-state index is -0.162. The van der Waals surface area contributed by atoms with E-state index in [-0.39, 0.29) is 11.7 Å². The van der Waals surface area contributed by atoms with Crippen molar-refractivity contribution in [1.29, 1.82) is 0 Å². The third kappa shape index (κ3) is 3.16. The van der Waals surface area contributed by atoms with Crippen LogP contribution in [0.4, 0.5) is 0 Å². The average molecular weight is 440 g/mol. The summed E-state index contributed by atoms with van der Waals surface area (Å²) in [6.45, 7) is 1.20. The van der Waals surface area contributed by atoms with Crippen molar-refractivity contribution in [3.05, 3.63) is 45.8 Å². The molecule has 4 heterocycles. The van der Waals surface area contributed by atoms with Crippen molar-refractivity contribution in [2.75, 3.05) is 6.61 Å². The van der Waals surface area contributed by atoms with Crippen molar-refractivity contribution >= 4 is 28.2 Å². The van der Waals surface area contributed by atoms with Crippen molar-refractivity contribution in [2.24, 2.45) is 0 Å². The first kappa shape index (κ1) is 19.0. The van der Waals surface area contributed by atoms with Crippen LogP contribution in [0.1, 0.15) is 50.3 Å². The molecule has 1 saturated heterocycles. The molecule has 1 aromatic carbocycles. The normalized spacial score (nSPS) is 19.8. The van der Waals surface area contributed by atoms with Crippen LogP contribution < -0.4 is 5.56 Å². The second-order valence-electron chi connectivity index (χ2n) is 8.43. The number of rotatable bonds is 4. The minimum Gasteiger partial charge on any atom is -0.376 e. The van der Waals surface area contributed by atoms with Gasteiger partial charge in [0.05, 0.1) is 23.7 Å². The van der Waals surface area contributed by atoms with Crippen LogP contribution in [0.15, 0.2) is 33.8 Å². The fourth-order valence-electron chi connectivity index (χ4n) is 4.90. The Bertz CT molecular complexity index is 1330. The van der Waals surface area contributed by atoms with E-state index in [1.807, 2.05) is 18.2 Å². The van der Waals surface area contributed by atoms with Crippen molar-refractivity contribution in [3.8, 4) is 11.5 Å². The van der Waals surface area contributed by atoms with Crippen molar-refractivity contribution in [3.63, 3.8) is 0 Å². The van der Waals surface area contributed by atoms with Crippen LogP contribution >= 0.6 is 11.6 Å². The van der Waals surface area contributed by atoms with Gasteiger partial charge < -0.3 is 13.8 Å². The molecule has 0 radical (unpaired) electrons. The van der Waals surface area contributed by atoms with E-state index in [0.29, 0.717) is 40.4 Å². The molecule has 2 fully saturated rings. The zero-order chi connectivity index (χ0) is 20.9. The van der Waals surface area contributed by atoms with E-state index >= 15 is 0 Å². The number of hydrogen-bond donors (Lipinski definition) is 0. The molecule has 1 aliphatic carbocycles. The van der Waals surface area contributed by atoms with E-state index in [0.717, 1.165) is 43.3 Å². The molecule has 1 aliphatic heterocycles. The van der Waals surface area contributed by atoms with Crippen LogP contribution in [0.3, 0.4) is 0 Å². The van der Waals surface area contributed by atoms with Crippen molar-refractivity contribution < 1.29 is 9.26 Å². The summed E-state index contributed by atoms with van der Waals surface area (Å²) in [5.74, 6) is 1.30. The van der Waals surface area contributed by atoms with E-state index in [1.54, 1.807) is 15.3 Å². The number of fused-ring (bicyclic) bond motifs is 3. The molecule has 0 spiro atoms. The Labute approximate surface area is 182 Å². The van der Waals surface area contributed by atoms with Crippen LogP contribution in [0.25, 0.3) is 28.1 Å². The van der Waals surface area contributed by atoms with Gasteiger partial charge in [-0.25, -0.2) is 4.98 Å². The van der Waals surface area contributed by atoms with Gasteiger partial charge in [0, 0.05) is 17.5 Å². The topological polar surface area (TPSA) is 87.5 Å². The Balaban J connectivity index is 1.54. The summed E-state index contributed by atoms with van der Waals surface area (Å²) in [5.41, 5.74) is 2.31. The molecule has 4 aromatic rings. The molecule has 8 nitrogen and oxygen atoms in total. The van der Waals surface area contributed by atoms with Gasteiger partial charge in [0.2, 0.25) is 11.7 Å². The molecule has 0 amide bonds. The Morgan fingerprint density at radius 1 is 1.13 bits per heavy atom. The molecule has 3 aromatic heterocycles. The highest BCUT2D eigenvalue weighted by Crippen LogP contribution is 2.34.